The van der Waals surface area contributed by atoms with E-state index in [0.717, 1.165) is 15.6 Å². The first-order chi connectivity index (χ1) is 15.7. The molecule has 0 spiro atoms. The van der Waals surface area contributed by atoms with Crippen LogP contribution in [-0.4, -0.2) is 28.2 Å². The molecule has 3 N–H and O–H groups in total. The third-order valence-electron chi connectivity index (χ3n) is 4.95. The average molecular weight is 526 g/mol. The van der Waals surface area contributed by atoms with Gasteiger partial charge < -0.3 is 19.6 Å². The molecule has 0 atom stereocenters. The maximum Gasteiger partial charge on any atom is 0.261 e. The van der Waals surface area contributed by atoms with Crippen molar-refractivity contribution in [1.29, 1.82) is 0 Å². The Bertz CT molecular complexity index is 1400. The summed E-state index contributed by atoms with van der Waals surface area (Å²) in [5.41, 5.74) is 4.50. The summed E-state index contributed by atoms with van der Waals surface area (Å²) < 4.78 is 11.9. The fourth-order valence-corrected chi connectivity index (χ4v) is 4.22. The number of phenols is 1. The van der Waals surface area contributed by atoms with Gasteiger partial charge in [-0.3, -0.25) is 10.1 Å². The molecule has 0 aliphatic carbocycles. The van der Waals surface area contributed by atoms with Gasteiger partial charge in [0.1, 0.15) is 17.0 Å². The first-order valence-corrected chi connectivity index (χ1v) is 11.1. The van der Waals surface area contributed by atoms with Gasteiger partial charge in [0.2, 0.25) is 5.89 Å². The van der Waals surface area contributed by atoms with Crippen LogP contribution in [0.1, 0.15) is 21.5 Å². The van der Waals surface area contributed by atoms with Crippen LogP contribution in [-0.2, 0) is 0 Å². The van der Waals surface area contributed by atoms with Crippen molar-refractivity contribution in [2.24, 2.45) is 0 Å². The Morgan fingerprint density at radius 1 is 1.15 bits per heavy atom. The molecule has 168 valence electrons. The number of amides is 1. The van der Waals surface area contributed by atoms with E-state index >= 15 is 0 Å². The Balaban J connectivity index is 1.50. The maximum atomic E-state index is 12.7. The number of nitrogens with one attached hydrogen (secondary N) is 2. The lowest BCUT2D eigenvalue weighted by Gasteiger charge is -2.14. The molecule has 33 heavy (non-hydrogen) atoms. The summed E-state index contributed by atoms with van der Waals surface area (Å²) in [6.45, 7) is 3.81. The highest BCUT2D eigenvalue weighted by Gasteiger charge is 2.18. The maximum absolute atomic E-state index is 12.7. The number of benzene rings is 3. The fraction of sp³-hybridized carbons (Fsp3) is 0.125. The molecule has 0 unspecified atom stereocenters. The highest BCUT2D eigenvalue weighted by molar-refractivity contribution is 9.10. The van der Waals surface area contributed by atoms with E-state index in [2.05, 4.69) is 31.5 Å². The van der Waals surface area contributed by atoms with E-state index in [1.54, 1.807) is 18.2 Å². The number of nitrogens with zero attached hydrogens (tertiary/aromatic N) is 1. The van der Waals surface area contributed by atoms with E-state index in [4.69, 9.17) is 21.4 Å². The number of methoxy groups -OCH3 is 1. The summed E-state index contributed by atoms with van der Waals surface area (Å²) in [6.07, 6.45) is 0. The molecule has 4 rings (SSSR count). The highest BCUT2D eigenvalue weighted by atomic mass is 79.9. The van der Waals surface area contributed by atoms with Gasteiger partial charge in [-0.05, 0) is 73.6 Å². The number of carbonyl (C=O) groups is 1. The van der Waals surface area contributed by atoms with E-state index in [-0.39, 0.29) is 10.9 Å². The molecule has 4 aromatic rings. The lowest BCUT2D eigenvalue weighted by atomic mass is 10.1. The molecular weight excluding hydrogens is 506 g/mol. The summed E-state index contributed by atoms with van der Waals surface area (Å²) >= 11 is 8.66. The predicted molar refractivity (Wildman–Crippen MR) is 135 cm³/mol. The first-order valence-electron chi connectivity index (χ1n) is 9.92. The zero-order valence-corrected chi connectivity index (χ0v) is 20.4. The van der Waals surface area contributed by atoms with E-state index in [9.17, 15) is 9.90 Å². The molecule has 0 radical (unpaired) electrons. The Morgan fingerprint density at radius 2 is 1.94 bits per heavy atom. The molecule has 3 aromatic carbocycles. The number of fused-ring (bicyclic) bond motifs is 1. The summed E-state index contributed by atoms with van der Waals surface area (Å²) in [5, 5.41) is 16.1. The van der Waals surface area contributed by atoms with Crippen molar-refractivity contribution in [3.05, 3.63) is 69.7 Å². The molecule has 0 saturated heterocycles. The largest absolute Gasteiger partial charge is 0.507 e. The number of ether oxygens (including phenoxy) is 1. The Kier molecular flexibility index (Phi) is 6.35. The van der Waals surface area contributed by atoms with Crippen molar-refractivity contribution in [2.75, 3.05) is 12.4 Å². The number of aryl methyl sites for hydroxylation is 2. The standard InChI is InChI=1S/C24H20BrN3O4S/c1-12-4-7-18-20(8-12)32-23(27-18)16-6-5-15(11-19(16)29)26-24(33)28-22(30)17-10-14(25)9-13(2)21(17)31-3/h4-11,29H,1-3H3,(H2,26,28,30,33). The van der Waals surface area contributed by atoms with Crippen LogP contribution in [0.3, 0.4) is 0 Å². The lowest BCUT2D eigenvalue weighted by molar-refractivity contribution is 0.0974. The van der Waals surface area contributed by atoms with Crippen LogP contribution in [0.4, 0.5) is 5.69 Å². The van der Waals surface area contributed by atoms with Gasteiger partial charge in [0.15, 0.2) is 10.7 Å². The molecule has 0 fully saturated rings. The average Bonchev–Trinajstić information content (AvgIpc) is 3.16. The van der Waals surface area contributed by atoms with Crippen LogP contribution in [0, 0.1) is 13.8 Å². The SMILES string of the molecule is COc1c(C)cc(Br)cc1C(=O)NC(=S)Nc1ccc(-c2nc3ccc(C)cc3o2)c(O)c1. The monoisotopic (exact) mass is 525 g/mol. The second-order valence-corrected chi connectivity index (χ2v) is 8.76. The number of phenolic OH excluding ortho intramolecular Hbond substituents is 1. The second-order valence-electron chi connectivity index (χ2n) is 7.43. The molecular formula is C24H20BrN3O4S. The molecule has 1 aromatic heterocycles. The summed E-state index contributed by atoms with van der Waals surface area (Å²) in [4.78, 5) is 17.2. The zero-order valence-electron chi connectivity index (χ0n) is 18.0. The van der Waals surface area contributed by atoms with Crippen LogP contribution in [0.15, 0.2) is 57.4 Å². The van der Waals surface area contributed by atoms with E-state index in [1.165, 1.54) is 13.2 Å². The van der Waals surface area contributed by atoms with Gasteiger partial charge in [0, 0.05) is 16.2 Å². The summed E-state index contributed by atoms with van der Waals surface area (Å²) in [7, 11) is 1.51. The van der Waals surface area contributed by atoms with Crippen molar-refractivity contribution < 1.29 is 19.1 Å². The normalized spacial score (nSPS) is 10.8. The van der Waals surface area contributed by atoms with E-state index < -0.39 is 5.91 Å². The number of anilines is 1. The van der Waals surface area contributed by atoms with Crippen molar-refractivity contribution in [3.8, 4) is 23.0 Å². The predicted octanol–water partition coefficient (Wildman–Crippen LogP) is 5.72. The van der Waals surface area contributed by atoms with Crippen LogP contribution in [0.25, 0.3) is 22.6 Å². The Hall–Kier alpha value is -3.43. The molecule has 1 amide bonds. The number of aromatic nitrogens is 1. The first kappa shape index (κ1) is 22.8. The molecule has 7 nitrogen and oxygen atoms in total. The Morgan fingerprint density at radius 3 is 2.67 bits per heavy atom. The number of carbonyl (C=O) groups excluding carboxylic acids is 1. The number of oxazole rings is 1. The van der Waals surface area contributed by atoms with E-state index in [1.807, 2.05) is 38.1 Å². The lowest BCUT2D eigenvalue weighted by Crippen LogP contribution is -2.34. The van der Waals surface area contributed by atoms with Gasteiger partial charge in [-0.1, -0.05) is 22.0 Å². The van der Waals surface area contributed by atoms with Crippen molar-refractivity contribution in [3.63, 3.8) is 0 Å². The third-order valence-corrected chi connectivity index (χ3v) is 5.61. The number of thiocarbonyl (C=S) groups is 1. The van der Waals surface area contributed by atoms with Gasteiger partial charge >= 0.3 is 0 Å². The van der Waals surface area contributed by atoms with Crippen molar-refractivity contribution in [2.45, 2.75) is 13.8 Å². The minimum absolute atomic E-state index is 0.0401. The number of hydrogen-bond donors (Lipinski definition) is 3. The van der Waals surface area contributed by atoms with Crippen LogP contribution in [0.5, 0.6) is 11.5 Å². The van der Waals surface area contributed by atoms with E-state index in [0.29, 0.717) is 39.6 Å². The third kappa shape index (κ3) is 4.84. The molecule has 0 aliphatic heterocycles. The zero-order chi connectivity index (χ0) is 23.7. The van der Waals surface area contributed by atoms with Crippen molar-refractivity contribution >= 4 is 56.0 Å². The number of halogens is 1. The topological polar surface area (TPSA) is 96.6 Å². The molecule has 1 heterocycles. The van der Waals surface area contributed by atoms with Gasteiger partial charge in [-0.2, -0.15) is 0 Å². The van der Waals surface area contributed by atoms with Gasteiger partial charge in [-0.25, -0.2) is 4.98 Å². The van der Waals surface area contributed by atoms with Gasteiger partial charge in [0.05, 0.1) is 18.2 Å². The van der Waals surface area contributed by atoms with Crippen LogP contribution < -0.4 is 15.4 Å². The number of hydrogen-bond acceptors (Lipinski definition) is 6. The molecule has 0 aliphatic rings. The summed E-state index contributed by atoms with van der Waals surface area (Å²) in [6, 6.07) is 14.1. The number of rotatable bonds is 4. The van der Waals surface area contributed by atoms with Crippen LogP contribution >= 0.6 is 28.1 Å². The summed E-state index contributed by atoms with van der Waals surface area (Å²) in [5.74, 6) is 0.319. The molecule has 0 saturated carbocycles. The smallest absolute Gasteiger partial charge is 0.261 e. The van der Waals surface area contributed by atoms with Gasteiger partial charge in [0.25, 0.3) is 5.91 Å². The minimum atomic E-state index is -0.420. The quantitative estimate of drug-likeness (QED) is 0.293. The van der Waals surface area contributed by atoms with Gasteiger partial charge in [-0.15, -0.1) is 0 Å². The number of aromatic hydroxyl groups is 1. The van der Waals surface area contributed by atoms with Crippen LogP contribution in [0.2, 0.25) is 0 Å². The molecule has 9 heteroatoms. The fourth-order valence-electron chi connectivity index (χ4n) is 3.44. The Labute approximate surface area is 203 Å². The molecule has 0 bridgehead atoms. The van der Waals surface area contributed by atoms with Crippen molar-refractivity contribution in [1.82, 2.24) is 10.3 Å². The second kappa shape index (κ2) is 9.21. The highest BCUT2D eigenvalue weighted by Crippen LogP contribution is 2.33. The minimum Gasteiger partial charge on any atom is -0.507 e.